The van der Waals surface area contributed by atoms with Gasteiger partial charge in [0.1, 0.15) is 13.2 Å². The van der Waals surface area contributed by atoms with Crippen molar-refractivity contribution >= 4 is 33.7 Å². The van der Waals surface area contributed by atoms with Gasteiger partial charge in [0, 0.05) is 15.7 Å². The van der Waals surface area contributed by atoms with Gasteiger partial charge >= 0.3 is 12.1 Å². The summed E-state index contributed by atoms with van der Waals surface area (Å²) in [4.78, 5) is 22.4. The maximum absolute atomic E-state index is 11.4. The normalized spacial score (nSPS) is 9.58. The molecule has 1 aromatic carbocycles. The average molecular weight is 328 g/mol. The zero-order valence-electron chi connectivity index (χ0n) is 10.4. The lowest BCUT2D eigenvalue weighted by Gasteiger charge is -2.07. The van der Waals surface area contributed by atoms with E-state index in [0.29, 0.717) is 11.3 Å². The monoisotopic (exact) mass is 327 g/mol. The van der Waals surface area contributed by atoms with Gasteiger partial charge in [-0.2, -0.15) is 0 Å². The van der Waals surface area contributed by atoms with Crippen molar-refractivity contribution in [3.05, 3.63) is 40.9 Å². The first-order chi connectivity index (χ1) is 8.99. The summed E-state index contributed by atoms with van der Waals surface area (Å²) in [5.74, 6) is -0.504. The number of benzene rings is 1. The Bertz CT molecular complexity index is 487. The van der Waals surface area contributed by atoms with Crippen LogP contribution in [0, 0.1) is 0 Å². The van der Waals surface area contributed by atoms with Gasteiger partial charge in [-0.15, -0.1) is 0 Å². The third kappa shape index (κ3) is 6.05. The van der Waals surface area contributed by atoms with Gasteiger partial charge in [0.05, 0.1) is 0 Å². The van der Waals surface area contributed by atoms with Crippen molar-refractivity contribution in [2.24, 2.45) is 0 Å². The Morgan fingerprint density at radius 1 is 1.32 bits per heavy atom. The van der Waals surface area contributed by atoms with Crippen molar-refractivity contribution in [3.8, 4) is 0 Å². The lowest BCUT2D eigenvalue weighted by Crippen LogP contribution is -2.18. The summed E-state index contributed by atoms with van der Waals surface area (Å²) in [6.07, 6.45) is -0.607. The van der Waals surface area contributed by atoms with E-state index in [2.05, 4.69) is 27.8 Å². The van der Waals surface area contributed by atoms with Crippen LogP contribution in [0.5, 0.6) is 0 Å². The average Bonchev–Trinajstić information content (AvgIpc) is 2.34. The van der Waals surface area contributed by atoms with Crippen LogP contribution in [-0.2, 0) is 14.3 Å². The maximum Gasteiger partial charge on any atom is 0.411 e. The number of ether oxygens (including phenoxy) is 2. The van der Waals surface area contributed by atoms with Gasteiger partial charge in [0.25, 0.3) is 0 Å². The predicted molar refractivity (Wildman–Crippen MR) is 74.9 cm³/mol. The van der Waals surface area contributed by atoms with E-state index in [4.69, 9.17) is 9.47 Å². The summed E-state index contributed by atoms with van der Waals surface area (Å²) in [7, 11) is 0. The van der Waals surface area contributed by atoms with Crippen LogP contribution in [0.4, 0.5) is 10.5 Å². The lowest BCUT2D eigenvalue weighted by atomic mass is 10.3. The number of amides is 1. The number of hydrogen-bond acceptors (Lipinski definition) is 4. The van der Waals surface area contributed by atoms with E-state index in [1.807, 2.05) is 6.07 Å². The molecule has 0 aliphatic carbocycles. The molecule has 0 spiro atoms. The topological polar surface area (TPSA) is 64.6 Å². The molecule has 19 heavy (non-hydrogen) atoms. The van der Waals surface area contributed by atoms with Crippen LogP contribution in [-0.4, -0.2) is 25.3 Å². The van der Waals surface area contributed by atoms with Crippen LogP contribution < -0.4 is 5.32 Å². The number of rotatable bonds is 5. The molecule has 102 valence electrons. The first kappa shape index (κ1) is 15.2. The van der Waals surface area contributed by atoms with Crippen LogP contribution in [0.1, 0.15) is 6.92 Å². The summed E-state index contributed by atoms with van der Waals surface area (Å²) in [6, 6.07) is 7.09. The quantitative estimate of drug-likeness (QED) is 0.512. The van der Waals surface area contributed by atoms with Gasteiger partial charge in [0.15, 0.2) is 0 Å². The molecule has 0 aliphatic heterocycles. The molecule has 0 aromatic heterocycles. The van der Waals surface area contributed by atoms with Crippen LogP contribution in [0.25, 0.3) is 0 Å². The summed E-state index contributed by atoms with van der Waals surface area (Å²) >= 11 is 3.29. The molecular weight excluding hydrogens is 314 g/mol. The smallest absolute Gasteiger partial charge is 0.411 e. The molecule has 0 bridgehead atoms. The van der Waals surface area contributed by atoms with E-state index in [1.165, 1.54) is 0 Å². The van der Waals surface area contributed by atoms with Crippen molar-refractivity contribution in [2.75, 3.05) is 18.5 Å². The second kappa shape index (κ2) is 7.58. The van der Waals surface area contributed by atoms with Crippen molar-refractivity contribution in [3.63, 3.8) is 0 Å². The minimum absolute atomic E-state index is 0.00238. The van der Waals surface area contributed by atoms with E-state index in [9.17, 15) is 9.59 Å². The first-order valence-corrected chi connectivity index (χ1v) is 6.30. The number of nitrogens with one attached hydrogen (secondary N) is 1. The number of carbonyl (C=O) groups excluding carboxylic acids is 2. The van der Waals surface area contributed by atoms with E-state index in [0.717, 1.165) is 4.47 Å². The third-order valence-corrected chi connectivity index (χ3v) is 2.46. The fourth-order valence-corrected chi connectivity index (χ4v) is 1.51. The van der Waals surface area contributed by atoms with Gasteiger partial charge in [0.2, 0.25) is 0 Å². The van der Waals surface area contributed by atoms with Gasteiger partial charge < -0.3 is 9.47 Å². The molecule has 0 atom stereocenters. The fourth-order valence-electron chi connectivity index (χ4n) is 1.11. The Labute approximate surface area is 119 Å². The maximum atomic E-state index is 11.4. The molecule has 6 heteroatoms. The van der Waals surface area contributed by atoms with Gasteiger partial charge in [-0.1, -0.05) is 28.6 Å². The summed E-state index contributed by atoms with van der Waals surface area (Å²) in [6.45, 7) is 4.96. The fraction of sp³-hybridized carbons (Fsp3) is 0.231. The molecule has 1 N–H and O–H groups in total. The molecule has 5 nitrogen and oxygen atoms in total. The number of anilines is 1. The molecule has 0 saturated heterocycles. The zero-order chi connectivity index (χ0) is 14.3. The molecule has 0 fully saturated rings. The van der Waals surface area contributed by atoms with Crippen molar-refractivity contribution in [2.45, 2.75) is 6.92 Å². The van der Waals surface area contributed by atoms with E-state index < -0.39 is 12.1 Å². The standard InChI is InChI=1S/C13H14BrNO4/c1-9(2)12(16)18-6-7-19-13(17)15-11-5-3-4-10(14)8-11/h3-5,8H,1,6-7H2,2H3,(H,15,17). The highest BCUT2D eigenvalue weighted by Gasteiger charge is 2.05. The highest BCUT2D eigenvalue weighted by molar-refractivity contribution is 9.10. The van der Waals surface area contributed by atoms with Gasteiger partial charge in [-0.3, -0.25) is 5.32 Å². The lowest BCUT2D eigenvalue weighted by molar-refractivity contribution is -0.139. The zero-order valence-corrected chi connectivity index (χ0v) is 12.0. The van der Waals surface area contributed by atoms with Gasteiger partial charge in [-0.05, 0) is 25.1 Å². The largest absolute Gasteiger partial charge is 0.459 e. The summed E-state index contributed by atoms with van der Waals surface area (Å²) in [5.41, 5.74) is 0.914. The van der Waals surface area contributed by atoms with E-state index in [-0.39, 0.29) is 13.2 Å². The number of carbonyl (C=O) groups is 2. The molecule has 0 unspecified atom stereocenters. The van der Waals surface area contributed by atoms with Crippen molar-refractivity contribution in [1.82, 2.24) is 0 Å². The number of esters is 1. The van der Waals surface area contributed by atoms with E-state index in [1.54, 1.807) is 25.1 Å². The molecule has 0 aliphatic rings. The molecule has 0 saturated carbocycles. The summed E-state index contributed by atoms with van der Waals surface area (Å²) < 4.78 is 10.5. The number of hydrogen-bond donors (Lipinski definition) is 1. The first-order valence-electron chi connectivity index (χ1n) is 5.51. The Morgan fingerprint density at radius 2 is 2.00 bits per heavy atom. The molecule has 0 heterocycles. The van der Waals surface area contributed by atoms with Crippen LogP contribution in [0.15, 0.2) is 40.9 Å². The molecule has 1 rings (SSSR count). The highest BCUT2D eigenvalue weighted by Crippen LogP contribution is 2.15. The number of halogens is 1. The minimum atomic E-state index is -0.607. The van der Waals surface area contributed by atoms with Gasteiger partial charge in [-0.25, -0.2) is 9.59 Å². The second-order valence-corrected chi connectivity index (χ2v) is 4.60. The van der Waals surface area contributed by atoms with Crippen LogP contribution in [0.3, 0.4) is 0 Å². The molecule has 0 radical (unpaired) electrons. The van der Waals surface area contributed by atoms with Crippen LogP contribution >= 0.6 is 15.9 Å². The minimum Gasteiger partial charge on any atom is -0.459 e. The summed E-state index contributed by atoms with van der Waals surface area (Å²) in [5, 5.41) is 2.54. The molecule has 1 aromatic rings. The van der Waals surface area contributed by atoms with Crippen molar-refractivity contribution < 1.29 is 19.1 Å². The molecule has 1 amide bonds. The molecular formula is C13H14BrNO4. The predicted octanol–water partition coefficient (Wildman–Crippen LogP) is 3.12. The SMILES string of the molecule is C=C(C)C(=O)OCCOC(=O)Nc1cccc(Br)c1. The second-order valence-electron chi connectivity index (χ2n) is 3.69. The van der Waals surface area contributed by atoms with E-state index >= 15 is 0 Å². The Balaban J connectivity index is 2.25. The Morgan fingerprint density at radius 3 is 2.63 bits per heavy atom. The third-order valence-electron chi connectivity index (χ3n) is 1.97. The highest BCUT2D eigenvalue weighted by atomic mass is 79.9. The Hall–Kier alpha value is -1.82. The Kier molecular flexibility index (Phi) is 6.08. The van der Waals surface area contributed by atoms with Crippen LogP contribution in [0.2, 0.25) is 0 Å². The van der Waals surface area contributed by atoms with Crippen molar-refractivity contribution in [1.29, 1.82) is 0 Å².